The van der Waals surface area contributed by atoms with Crippen LogP contribution in [-0.4, -0.2) is 28.0 Å². The molecule has 1 fully saturated rings. The summed E-state index contributed by atoms with van der Waals surface area (Å²) in [5, 5.41) is 0. The Kier molecular flexibility index (Phi) is 4.86. The molecule has 0 saturated carbocycles. The van der Waals surface area contributed by atoms with Crippen molar-refractivity contribution in [2.45, 2.75) is 46.1 Å². The third-order valence-corrected chi connectivity index (χ3v) is 4.60. The molecule has 2 rings (SSSR count). The number of carbonyl (C=O) groups excluding carboxylic acids is 1. The zero-order chi connectivity index (χ0) is 15.6. The average molecular weight is 290 g/mol. The van der Waals surface area contributed by atoms with Gasteiger partial charge >= 0.3 is 0 Å². The minimum atomic E-state index is -0.134. The Morgan fingerprint density at radius 3 is 2.62 bits per heavy atom. The zero-order valence-corrected chi connectivity index (χ0v) is 13.5. The Labute approximate surface area is 126 Å². The number of rotatable bonds is 2. The van der Waals surface area contributed by atoms with E-state index in [4.69, 9.17) is 0 Å². The lowest BCUT2D eigenvalue weighted by Gasteiger charge is -2.33. The molecule has 0 N–H and O–H groups in total. The van der Waals surface area contributed by atoms with Crippen LogP contribution in [0.15, 0.2) is 23.1 Å². The van der Waals surface area contributed by atoms with Gasteiger partial charge in [0.05, 0.1) is 0 Å². The monoisotopic (exact) mass is 290 g/mol. The lowest BCUT2D eigenvalue weighted by atomic mass is 9.95. The van der Waals surface area contributed by atoms with E-state index < -0.39 is 0 Å². The number of hydrogen-bond donors (Lipinski definition) is 0. The van der Waals surface area contributed by atoms with E-state index in [2.05, 4.69) is 20.8 Å². The Hall–Kier alpha value is -1.58. The second-order valence-corrected chi connectivity index (χ2v) is 6.65. The topological polar surface area (TPSA) is 42.3 Å². The normalized spacial score (nSPS) is 23.2. The minimum Gasteiger partial charge on any atom is -0.335 e. The van der Waals surface area contributed by atoms with Crippen LogP contribution in [0.1, 0.15) is 50.4 Å². The predicted octanol–water partition coefficient (Wildman–Crippen LogP) is 2.67. The maximum atomic E-state index is 12.8. The molecule has 1 aromatic rings. The van der Waals surface area contributed by atoms with E-state index >= 15 is 0 Å². The molecule has 0 radical (unpaired) electrons. The Balaban J connectivity index is 2.29. The number of carbonyl (C=O) groups is 1. The van der Waals surface area contributed by atoms with E-state index in [1.165, 1.54) is 17.1 Å². The number of hydrogen-bond acceptors (Lipinski definition) is 2. The van der Waals surface area contributed by atoms with Crippen molar-refractivity contribution < 1.29 is 4.79 Å². The maximum absolute atomic E-state index is 12.8. The molecule has 4 heteroatoms. The largest absolute Gasteiger partial charge is 0.335 e. The van der Waals surface area contributed by atoms with E-state index in [0.29, 0.717) is 17.4 Å². The molecule has 0 spiro atoms. The third kappa shape index (κ3) is 3.55. The zero-order valence-electron chi connectivity index (χ0n) is 13.5. The van der Waals surface area contributed by atoms with Gasteiger partial charge in [-0.15, -0.1) is 0 Å². The van der Waals surface area contributed by atoms with Gasteiger partial charge in [0.2, 0.25) is 0 Å². The summed E-state index contributed by atoms with van der Waals surface area (Å²) in [6.07, 6.45) is 4.93. The summed E-state index contributed by atoms with van der Waals surface area (Å²) >= 11 is 0. The summed E-state index contributed by atoms with van der Waals surface area (Å²) in [5.41, 5.74) is 0.378. The van der Waals surface area contributed by atoms with Crippen molar-refractivity contribution in [3.05, 3.63) is 34.2 Å². The average Bonchev–Trinajstić information content (AvgIpc) is 2.63. The van der Waals surface area contributed by atoms with Crippen LogP contribution in [0.5, 0.6) is 0 Å². The second-order valence-electron chi connectivity index (χ2n) is 6.65. The maximum Gasteiger partial charge on any atom is 0.254 e. The number of amides is 1. The van der Waals surface area contributed by atoms with Crippen LogP contribution in [0, 0.1) is 11.8 Å². The second kappa shape index (κ2) is 6.46. The summed E-state index contributed by atoms with van der Waals surface area (Å²) < 4.78 is 1.49. The van der Waals surface area contributed by atoms with Crippen molar-refractivity contribution in [3.8, 4) is 0 Å². The minimum absolute atomic E-state index is 0.000463. The SMILES string of the molecule is CC1CCC(C(C)C)N(C(=O)c2ccn(C)c(=O)c2)CC1. The van der Waals surface area contributed by atoms with Gasteiger partial charge in [-0.3, -0.25) is 9.59 Å². The standard InChI is InChI=1S/C17H26N2O2/c1-12(2)15-6-5-13(3)7-10-19(15)17(21)14-8-9-18(4)16(20)11-14/h8-9,11-13,15H,5-7,10H2,1-4H3. The van der Waals surface area contributed by atoms with Crippen LogP contribution in [0.25, 0.3) is 0 Å². The molecule has 4 nitrogen and oxygen atoms in total. The van der Waals surface area contributed by atoms with E-state index in [1.807, 2.05) is 4.90 Å². The Morgan fingerprint density at radius 2 is 2.00 bits per heavy atom. The Morgan fingerprint density at radius 1 is 1.29 bits per heavy atom. The van der Waals surface area contributed by atoms with E-state index in [0.717, 1.165) is 19.4 Å². The fourth-order valence-electron chi connectivity index (χ4n) is 3.07. The number of aryl methyl sites for hydroxylation is 1. The molecule has 1 aliphatic heterocycles. The number of aromatic nitrogens is 1. The van der Waals surface area contributed by atoms with Gasteiger partial charge in [0.15, 0.2) is 0 Å². The highest BCUT2D eigenvalue weighted by molar-refractivity contribution is 5.94. The smallest absolute Gasteiger partial charge is 0.254 e. The van der Waals surface area contributed by atoms with E-state index in [-0.39, 0.29) is 17.5 Å². The number of nitrogens with zero attached hydrogens (tertiary/aromatic N) is 2. The Bertz CT molecular complexity index is 562. The van der Waals surface area contributed by atoms with Crippen LogP contribution in [0.4, 0.5) is 0 Å². The van der Waals surface area contributed by atoms with Crippen LogP contribution >= 0.6 is 0 Å². The van der Waals surface area contributed by atoms with Crippen molar-refractivity contribution >= 4 is 5.91 Å². The van der Waals surface area contributed by atoms with Crippen LogP contribution in [0.2, 0.25) is 0 Å². The van der Waals surface area contributed by atoms with Gasteiger partial charge in [-0.2, -0.15) is 0 Å². The molecule has 2 heterocycles. The summed E-state index contributed by atoms with van der Waals surface area (Å²) in [4.78, 5) is 26.6. The van der Waals surface area contributed by atoms with Gasteiger partial charge in [-0.1, -0.05) is 20.8 Å². The van der Waals surface area contributed by atoms with Crippen LogP contribution < -0.4 is 5.56 Å². The van der Waals surface area contributed by atoms with Gasteiger partial charge in [0.1, 0.15) is 0 Å². The first-order valence-electron chi connectivity index (χ1n) is 7.87. The highest BCUT2D eigenvalue weighted by Gasteiger charge is 2.30. The van der Waals surface area contributed by atoms with Crippen molar-refractivity contribution in [1.29, 1.82) is 0 Å². The van der Waals surface area contributed by atoms with Crippen LogP contribution in [0.3, 0.4) is 0 Å². The predicted molar refractivity (Wildman–Crippen MR) is 84.4 cm³/mol. The van der Waals surface area contributed by atoms with Gasteiger partial charge in [-0.05, 0) is 37.2 Å². The summed E-state index contributed by atoms with van der Waals surface area (Å²) in [6.45, 7) is 7.39. The molecule has 1 aromatic heterocycles. The molecule has 1 aliphatic rings. The summed E-state index contributed by atoms with van der Waals surface area (Å²) in [7, 11) is 1.70. The molecule has 116 valence electrons. The lowest BCUT2D eigenvalue weighted by molar-refractivity contribution is 0.0631. The lowest BCUT2D eigenvalue weighted by Crippen LogP contribution is -2.43. The molecule has 1 saturated heterocycles. The molecule has 0 aliphatic carbocycles. The molecular weight excluding hydrogens is 264 g/mol. The molecular formula is C17H26N2O2. The number of likely N-dealkylation sites (tertiary alicyclic amines) is 1. The van der Waals surface area contributed by atoms with Gasteiger partial charge in [-0.25, -0.2) is 0 Å². The molecule has 0 bridgehead atoms. The van der Waals surface area contributed by atoms with E-state index in [9.17, 15) is 9.59 Å². The molecule has 0 aromatic carbocycles. The summed E-state index contributed by atoms with van der Waals surface area (Å²) in [5.74, 6) is 1.10. The fourth-order valence-corrected chi connectivity index (χ4v) is 3.07. The highest BCUT2D eigenvalue weighted by atomic mass is 16.2. The van der Waals surface area contributed by atoms with Crippen molar-refractivity contribution in [2.24, 2.45) is 18.9 Å². The summed E-state index contributed by atoms with van der Waals surface area (Å²) in [6, 6.07) is 3.47. The fraction of sp³-hybridized carbons (Fsp3) is 0.647. The highest BCUT2D eigenvalue weighted by Crippen LogP contribution is 2.27. The quantitative estimate of drug-likeness (QED) is 0.840. The first-order valence-corrected chi connectivity index (χ1v) is 7.87. The van der Waals surface area contributed by atoms with Gasteiger partial charge in [0.25, 0.3) is 11.5 Å². The van der Waals surface area contributed by atoms with Crippen molar-refractivity contribution in [2.75, 3.05) is 6.54 Å². The van der Waals surface area contributed by atoms with E-state index in [1.54, 1.807) is 19.3 Å². The third-order valence-electron chi connectivity index (χ3n) is 4.60. The van der Waals surface area contributed by atoms with Crippen molar-refractivity contribution in [1.82, 2.24) is 9.47 Å². The van der Waals surface area contributed by atoms with Crippen molar-refractivity contribution in [3.63, 3.8) is 0 Å². The molecule has 1 amide bonds. The molecule has 2 atom stereocenters. The van der Waals surface area contributed by atoms with Crippen LogP contribution in [-0.2, 0) is 7.05 Å². The number of pyridine rings is 1. The first kappa shape index (κ1) is 15.8. The first-order chi connectivity index (χ1) is 9.90. The van der Waals surface area contributed by atoms with Gasteiger partial charge in [0, 0.05) is 37.5 Å². The molecule has 2 unspecified atom stereocenters. The van der Waals surface area contributed by atoms with Gasteiger partial charge < -0.3 is 9.47 Å². The molecule has 21 heavy (non-hydrogen) atoms.